The average Bonchev–Trinajstić information content (AvgIpc) is 2.68. The predicted molar refractivity (Wildman–Crippen MR) is 86.8 cm³/mol. The molecular formula is C16H18Cl2N2O. The minimum absolute atomic E-state index is 0.347. The number of rotatable bonds is 2. The molecule has 1 aliphatic rings. The van der Waals surface area contributed by atoms with Gasteiger partial charge in [-0.1, -0.05) is 60.1 Å². The van der Waals surface area contributed by atoms with Gasteiger partial charge in [0.2, 0.25) is 0 Å². The van der Waals surface area contributed by atoms with Crippen LogP contribution in [0.1, 0.15) is 50.2 Å². The zero-order valence-corrected chi connectivity index (χ0v) is 13.3. The van der Waals surface area contributed by atoms with E-state index in [1.54, 1.807) is 0 Å². The normalized spacial score (nSPS) is 16.9. The molecule has 0 atom stereocenters. The molecule has 1 aromatic carbocycles. The summed E-state index contributed by atoms with van der Waals surface area (Å²) in [5.41, 5.74) is 7.55. The molecule has 1 aliphatic carbocycles. The van der Waals surface area contributed by atoms with E-state index in [9.17, 15) is 0 Å². The molecule has 1 aromatic heterocycles. The van der Waals surface area contributed by atoms with Crippen molar-refractivity contribution in [2.75, 3.05) is 5.73 Å². The van der Waals surface area contributed by atoms with Crippen molar-refractivity contribution < 1.29 is 4.52 Å². The molecule has 3 nitrogen and oxygen atoms in total. The van der Waals surface area contributed by atoms with Crippen LogP contribution >= 0.6 is 23.2 Å². The van der Waals surface area contributed by atoms with Crippen LogP contribution in [-0.4, -0.2) is 5.16 Å². The summed E-state index contributed by atoms with van der Waals surface area (Å²) in [7, 11) is 0. The molecule has 5 heteroatoms. The van der Waals surface area contributed by atoms with Gasteiger partial charge in [-0.2, -0.15) is 0 Å². The van der Waals surface area contributed by atoms with Gasteiger partial charge in [-0.15, -0.1) is 0 Å². The van der Waals surface area contributed by atoms with Gasteiger partial charge in [0.15, 0.2) is 5.82 Å². The highest BCUT2D eigenvalue weighted by Gasteiger charge is 2.27. The highest BCUT2D eigenvalue weighted by molar-refractivity contribution is 6.39. The van der Waals surface area contributed by atoms with E-state index in [0.717, 1.165) is 29.7 Å². The van der Waals surface area contributed by atoms with E-state index < -0.39 is 0 Å². The lowest BCUT2D eigenvalue weighted by atomic mass is 9.92. The second-order valence-corrected chi connectivity index (χ2v) is 6.41. The van der Waals surface area contributed by atoms with Crippen molar-refractivity contribution in [3.8, 4) is 11.1 Å². The molecule has 1 fully saturated rings. The number of benzene rings is 1. The van der Waals surface area contributed by atoms with Crippen LogP contribution in [-0.2, 0) is 0 Å². The minimum atomic E-state index is 0.347. The van der Waals surface area contributed by atoms with Gasteiger partial charge in [0.25, 0.3) is 0 Å². The molecular weight excluding hydrogens is 307 g/mol. The largest absolute Gasteiger partial charge is 0.380 e. The third-order valence-corrected chi connectivity index (χ3v) is 4.81. The van der Waals surface area contributed by atoms with Crippen molar-refractivity contribution >= 4 is 29.0 Å². The molecule has 2 aromatic rings. The Hall–Kier alpha value is -1.19. The van der Waals surface area contributed by atoms with Crippen LogP contribution in [0.5, 0.6) is 0 Å². The first-order chi connectivity index (χ1) is 10.2. The maximum absolute atomic E-state index is 6.33. The number of halogens is 2. The van der Waals surface area contributed by atoms with Gasteiger partial charge < -0.3 is 10.3 Å². The fourth-order valence-electron chi connectivity index (χ4n) is 3.12. The topological polar surface area (TPSA) is 52.0 Å². The molecule has 0 spiro atoms. The monoisotopic (exact) mass is 324 g/mol. The summed E-state index contributed by atoms with van der Waals surface area (Å²) in [4.78, 5) is 0. The zero-order chi connectivity index (χ0) is 14.8. The summed E-state index contributed by atoms with van der Waals surface area (Å²) in [5.74, 6) is 1.55. The van der Waals surface area contributed by atoms with Gasteiger partial charge in [0.1, 0.15) is 5.76 Å². The molecule has 1 saturated carbocycles. The van der Waals surface area contributed by atoms with Gasteiger partial charge in [-0.05, 0) is 25.0 Å². The summed E-state index contributed by atoms with van der Waals surface area (Å²) < 4.78 is 5.56. The number of aromatic nitrogens is 1. The van der Waals surface area contributed by atoms with Crippen LogP contribution < -0.4 is 5.73 Å². The van der Waals surface area contributed by atoms with Gasteiger partial charge in [0, 0.05) is 11.5 Å². The summed E-state index contributed by atoms with van der Waals surface area (Å²) in [5, 5.41) is 5.12. The highest BCUT2D eigenvalue weighted by Crippen LogP contribution is 2.44. The van der Waals surface area contributed by atoms with Gasteiger partial charge in [-0.25, -0.2) is 0 Å². The van der Waals surface area contributed by atoms with E-state index in [2.05, 4.69) is 5.16 Å². The molecule has 3 rings (SSSR count). The van der Waals surface area contributed by atoms with Gasteiger partial charge in [0.05, 0.1) is 15.6 Å². The van der Waals surface area contributed by atoms with Crippen LogP contribution in [0.15, 0.2) is 22.7 Å². The molecule has 21 heavy (non-hydrogen) atoms. The molecule has 0 aliphatic heterocycles. The molecule has 1 heterocycles. The Labute approximate surface area is 134 Å². The van der Waals surface area contributed by atoms with Gasteiger partial charge >= 0.3 is 0 Å². The zero-order valence-electron chi connectivity index (χ0n) is 11.7. The number of nitrogen functional groups attached to an aromatic ring is 1. The van der Waals surface area contributed by atoms with Crippen LogP contribution in [0, 0.1) is 0 Å². The lowest BCUT2D eigenvalue weighted by Crippen LogP contribution is -1.99. The van der Waals surface area contributed by atoms with Gasteiger partial charge in [-0.3, -0.25) is 0 Å². The first-order valence-corrected chi connectivity index (χ1v) is 8.13. The van der Waals surface area contributed by atoms with E-state index in [1.807, 2.05) is 18.2 Å². The van der Waals surface area contributed by atoms with Crippen LogP contribution in [0.2, 0.25) is 10.0 Å². The Bertz CT molecular complexity index is 611. The summed E-state index contributed by atoms with van der Waals surface area (Å²) in [6.45, 7) is 0. The maximum Gasteiger partial charge on any atom is 0.175 e. The molecule has 0 amide bonds. The Balaban J connectivity index is 2.08. The lowest BCUT2D eigenvalue weighted by molar-refractivity contribution is 0.350. The third-order valence-electron chi connectivity index (χ3n) is 4.18. The van der Waals surface area contributed by atoms with Crippen molar-refractivity contribution in [1.82, 2.24) is 5.16 Å². The fourth-order valence-corrected chi connectivity index (χ4v) is 3.71. The van der Waals surface area contributed by atoms with E-state index in [0.29, 0.717) is 21.8 Å². The maximum atomic E-state index is 6.33. The lowest BCUT2D eigenvalue weighted by Gasteiger charge is -2.14. The standard InChI is InChI=1S/C16H18Cl2N2O/c17-11-8-5-9-12(18)13(11)14-15(21-20-16(14)19)10-6-3-1-2-4-7-10/h5,8-10H,1-4,6-7H2,(H2,19,20). The quantitative estimate of drug-likeness (QED) is 0.724. The summed E-state index contributed by atoms with van der Waals surface area (Å²) in [6, 6.07) is 5.45. The fraction of sp³-hybridized carbons (Fsp3) is 0.438. The van der Waals surface area contributed by atoms with Crippen LogP contribution in [0.3, 0.4) is 0 Å². The molecule has 2 N–H and O–H groups in total. The van der Waals surface area contributed by atoms with Crippen LogP contribution in [0.25, 0.3) is 11.1 Å². The SMILES string of the molecule is Nc1noc(C2CCCCCC2)c1-c1c(Cl)cccc1Cl. The predicted octanol–water partition coefficient (Wildman–Crippen LogP) is 5.67. The molecule has 0 unspecified atom stereocenters. The van der Waals surface area contributed by atoms with Crippen molar-refractivity contribution in [3.05, 3.63) is 34.0 Å². The number of hydrogen-bond acceptors (Lipinski definition) is 3. The second kappa shape index (κ2) is 6.29. The van der Waals surface area contributed by atoms with Crippen molar-refractivity contribution in [2.45, 2.75) is 44.4 Å². The second-order valence-electron chi connectivity index (χ2n) is 5.59. The van der Waals surface area contributed by atoms with E-state index >= 15 is 0 Å². The third kappa shape index (κ3) is 2.90. The van der Waals surface area contributed by atoms with Crippen molar-refractivity contribution in [2.24, 2.45) is 0 Å². The van der Waals surface area contributed by atoms with E-state index in [4.69, 9.17) is 33.5 Å². The number of hydrogen-bond donors (Lipinski definition) is 1. The highest BCUT2D eigenvalue weighted by atomic mass is 35.5. The Morgan fingerprint density at radius 1 is 1.00 bits per heavy atom. The Kier molecular flexibility index (Phi) is 4.41. The average molecular weight is 325 g/mol. The van der Waals surface area contributed by atoms with Crippen molar-refractivity contribution in [3.63, 3.8) is 0 Å². The Morgan fingerprint density at radius 2 is 1.62 bits per heavy atom. The van der Waals surface area contributed by atoms with Crippen molar-refractivity contribution in [1.29, 1.82) is 0 Å². The smallest absolute Gasteiger partial charge is 0.175 e. The molecule has 0 radical (unpaired) electrons. The van der Waals surface area contributed by atoms with E-state index in [-0.39, 0.29) is 0 Å². The summed E-state index contributed by atoms with van der Waals surface area (Å²) >= 11 is 12.7. The first-order valence-electron chi connectivity index (χ1n) is 7.38. The molecule has 0 saturated heterocycles. The number of nitrogens with zero attached hydrogens (tertiary/aromatic N) is 1. The molecule has 0 bridgehead atoms. The first kappa shape index (κ1) is 14.7. The molecule has 112 valence electrons. The van der Waals surface area contributed by atoms with Crippen LogP contribution in [0.4, 0.5) is 5.82 Å². The number of nitrogens with two attached hydrogens (primary N) is 1. The number of anilines is 1. The minimum Gasteiger partial charge on any atom is -0.380 e. The summed E-state index contributed by atoms with van der Waals surface area (Å²) in [6.07, 6.45) is 7.18. The Morgan fingerprint density at radius 3 is 2.24 bits per heavy atom. The van der Waals surface area contributed by atoms with E-state index in [1.165, 1.54) is 25.7 Å².